The van der Waals surface area contributed by atoms with Crippen LogP contribution in [0.2, 0.25) is 0 Å². The lowest BCUT2D eigenvalue weighted by atomic mass is 9.97. The molecule has 1 aromatic carbocycles. The van der Waals surface area contributed by atoms with Gasteiger partial charge in [-0.3, -0.25) is 4.79 Å². The molecule has 1 aliphatic rings. The van der Waals surface area contributed by atoms with Gasteiger partial charge in [0, 0.05) is 11.5 Å². The fourth-order valence-electron chi connectivity index (χ4n) is 4.18. The van der Waals surface area contributed by atoms with Crippen molar-refractivity contribution in [3.63, 3.8) is 0 Å². The van der Waals surface area contributed by atoms with Crippen LogP contribution in [0.15, 0.2) is 28.8 Å². The second-order valence-corrected chi connectivity index (χ2v) is 10.0. The highest BCUT2D eigenvalue weighted by Gasteiger charge is 2.35. The number of benzene rings is 1. The van der Waals surface area contributed by atoms with Crippen molar-refractivity contribution < 1.29 is 18.8 Å². The molecular formula is C26H27N5O4. The number of hydrogen-bond donors (Lipinski definition) is 0. The number of imidazole rings is 1. The van der Waals surface area contributed by atoms with Crippen LogP contribution < -0.4 is 0 Å². The molecule has 0 unspecified atom stereocenters. The van der Waals surface area contributed by atoms with Crippen LogP contribution in [0.25, 0.3) is 22.2 Å². The minimum absolute atomic E-state index is 0.138. The molecule has 1 saturated carbocycles. The minimum atomic E-state index is -0.691. The average molecular weight is 474 g/mol. The average Bonchev–Trinajstić information content (AvgIpc) is 3.47. The number of fused-ring (bicyclic) bond motifs is 1. The SMILES string of the molecule is Cc1ccc(C(=O)c2cc(-c3c(C)noc3C)cc3c2nc(C2CC2)n3C(=O)OC(C)(C)C)nn1. The summed E-state index contributed by atoms with van der Waals surface area (Å²) in [5.74, 6) is 1.03. The standard InChI is InChI=1S/C26H27N5O4/c1-13-7-10-19(29-28-13)23(32)18-11-17(21-14(2)30-35-15(21)3)12-20-22(18)27-24(16-8-9-16)31(20)25(33)34-26(4,5)6/h7,10-12,16H,8-9H2,1-6H3. The Morgan fingerprint density at radius 3 is 2.40 bits per heavy atom. The van der Waals surface area contributed by atoms with Gasteiger partial charge in [0.25, 0.3) is 0 Å². The van der Waals surface area contributed by atoms with Crippen LogP contribution in [0.3, 0.4) is 0 Å². The van der Waals surface area contributed by atoms with Gasteiger partial charge in [-0.1, -0.05) is 5.16 Å². The molecule has 0 aliphatic heterocycles. The van der Waals surface area contributed by atoms with Gasteiger partial charge in [0.05, 0.1) is 22.5 Å². The first-order valence-electron chi connectivity index (χ1n) is 11.6. The van der Waals surface area contributed by atoms with Crippen molar-refractivity contribution in [2.75, 3.05) is 0 Å². The van der Waals surface area contributed by atoms with Gasteiger partial charge in [-0.2, -0.15) is 5.10 Å². The molecule has 0 N–H and O–H groups in total. The van der Waals surface area contributed by atoms with Crippen LogP contribution >= 0.6 is 0 Å². The Labute approximate surface area is 202 Å². The van der Waals surface area contributed by atoms with Gasteiger partial charge in [0.1, 0.15) is 28.4 Å². The Morgan fingerprint density at radius 2 is 1.83 bits per heavy atom. The van der Waals surface area contributed by atoms with Crippen LogP contribution in [-0.2, 0) is 4.74 Å². The summed E-state index contributed by atoms with van der Waals surface area (Å²) in [6.45, 7) is 10.9. The number of nitrogens with zero attached hydrogens (tertiary/aromatic N) is 5. The molecule has 0 radical (unpaired) electrons. The molecule has 9 heteroatoms. The Balaban J connectivity index is 1.79. The van der Waals surface area contributed by atoms with E-state index in [2.05, 4.69) is 15.4 Å². The van der Waals surface area contributed by atoms with Crippen molar-refractivity contribution in [1.82, 2.24) is 24.9 Å². The van der Waals surface area contributed by atoms with E-state index in [1.54, 1.807) is 18.2 Å². The third-order valence-corrected chi connectivity index (χ3v) is 5.90. The topological polar surface area (TPSA) is 113 Å². The van der Waals surface area contributed by atoms with Crippen LogP contribution in [0.1, 0.15) is 78.6 Å². The zero-order chi connectivity index (χ0) is 25.1. The number of aryl methyl sites for hydroxylation is 3. The largest absolute Gasteiger partial charge is 0.443 e. The molecule has 35 heavy (non-hydrogen) atoms. The molecule has 1 fully saturated rings. The predicted octanol–water partition coefficient (Wildman–Crippen LogP) is 5.30. The van der Waals surface area contributed by atoms with E-state index < -0.39 is 11.7 Å². The highest BCUT2D eigenvalue weighted by Crippen LogP contribution is 2.42. The fraction of sp³-hybridized carbons (Fsp3) is 0.385. The zero-order valence-corrected chi connectivity index (χ0v) is 20.7. The van der Waals surface area contributed by atoms with Crippen LogP contribution in [0.5, 0.6) is 0 Å². The maximum absolute atomic E-state index is 13.7. The molecule has 9 nitrogen and oxygen atoms in total. The van der Waals surface area contributed by atoms with Crippen molar-refractivity contribution in [1.29, 1.82) is 0 Å². The van der Waals surface area contributed by atoms with E-state index >= 15 is 0 Å². The normalized spacial score (nSPS) is 13.9. The number of rotatable bonds is 4. The zero-order valence-electron chi connectivity index (χ0n) is 20.7. The summed E-state index contributed by atoms with van der Waals surface area (Å²) in [5.41, 5.74) is 3.63. The predicted molar refractivity (Wildman–Crippen MR) is 129 cm³/mol. The van der Waals surface area contributed by atoms with Gasteiger partial charge >= 0.3 is 6.09 Å². The third-order valence-electron chi connectivity index (χ3n) is 5.90. The minimum Gasteiger partial charge on any atom is -0.443 e. The Kier molecular flexibility index (Phi) is 5.30. The molecule has 180 valence electrons. The summed E-state index contributed by atoms with van der Waals surface area (Å²) in [4.78, 5) is 31.8. The summed E-state index contributed by atoms with van der Waals surface area (Å²) < 4.78 is 12.6. The molecule has 0 saturated heterocycles. The summed E-state index contributed by atoms with van der Waals surface area (Å²) in [6, 6.07) is 7.00. The number of aromatic nitrogens is 5. The maximum atomic E-state index is 13.7. The highest BCUT2D eigenvalue weighted by molar-refractivity contribution is 6.16. The molecule has 0 bridgehead atoms. The first kappa shape index (κ1) is 22.9. The molecule has 4 aromatic rings. The van der Waals surface area contributed by atoms with Gasteiger partial charge in [-0.15, -0.1) is 5.10 Å². The van der Waals surface area contributed by atoms with E-state index in [1.807, 2.05) is 47.6 Å². The second-order valence-electron chi connectivity index (χ2n) is 10.0. The number of carbonyl (C=O) groups excluding carboxylic acids is 2. The smallest absolute Gasteiger partial charge is 0.420 e. The monoisotopic (exact) mass is 473 g/mol. The van der Waals surface area contributed by atoms with E-state index in [1.165, 1.54) is 4.57 Å². The van der Waals surface area contributed by atoms with Gasteiger partial charge in [-0.05, 0) is 84.2 Å². The molecular weight excluding hydrogens is 446 g/mol. The first-order chi connectivity index (χ1) is 16.5. The number of carbonyl (C=O) groups is 2. The number of ether oxygens (including phenoxy) is 1. The Hall–Kier alpha value is -3.88. The van der Waals surface area contributed by atoms with E-state index in [0.29, 0.717) is 45.1 Å². The summed E-state index contributed by atoms with van der Waals surface area (Å²) in [7, 11) is 0. The van der Waals surface area contributed by atoms with Gasteiger partial charge in [-0.25, -0.2) is 14.3 Å². The van der Waals surface area contributed by atoms with Crippen molar-refractivity contribution >= 4 is 22.9 Å². The number of hydrogen-bond acceptors (Lipinski definition) is 8. The molecule has 0 atom stereocenters. The van der Waals surface area contributed by atoms with Crippen molar-refractivity contribution in [2.24, 2.45) is 0 Å². The van der Waals surface area contributed by atoms with E-state index in [-0.39, 0.29) is 17.4 Å². The highest BCUT2D eigenvalue weighted by atomic mass is 16.6. The first-order valence-corrected chi connectivity index (χ1v) is 11.6. The molecule has 3 heterocycles. The van der Waals surface area contributed by atoms with Gasteiger partial charge < -0.3 is 9.26 Å². The quantitative estimate of drug-likeness (QED) is 0.367. The van der Waals surface area contributed by atoms with E-state index in [9.17, 15) is 9.59 Å². The van der Waals surface area contributed by atoms with E-state index in [0.717, 1.165) is 18.4 Å². The van der Waals surface area contributed by atoms with Crippen molar-refractivity contribution in [3.8, 4) is 11.1 Å². The maximum Gasteiger partial charge on any atom is 0.420 e. The van der Waals surface area contributed by atoms with Crippen LogP contribution in [0.4, 0.5) is 4.79 Å². The van der Waals surface area contributed by atoms with E-state index in [4.69, 9.17) is 14.2 Å². The molecule has 3 aromatic heterocycles. The molecule has 1 aliphatic carbocycles. The lowest BCUT2D eigenvalue weighted by molar-refractivity contribution is 0.0538. The van der Waals surface area contributed by atoms with Crippen LogP contribution in [-0.4, -0.2) is 42.4 Å². The van der Waals surface area contributed by atoms with Crippen molar-refractivity contribution in [2.45, 2.75) is 65.9 Å². The summed E-state index contributed by atoms with van der Waals surface area (Å²) in [5, 5.41) is 12.2. The molecule has 5 rings (SSSR count). The lowest BCUT2D eigenvalue weighted by Gasteiger charge is -2.20. The third kappa shape index (κ3) is 4.22. The van der Waals surface area contributed by atoms with Gasteiger partial charge in [0.15, 0.2) is 0 Å². The Morgan fingerprint density at radius 1 is 1.09 bits per heavy atom. The Bertz CT molecular complexity index is 1450. The van der Waals surface area contributed by atoms with Crippen molar-refractivity contribution in [3.05, 3.63) is 58.5 Å². The summed E-state index contributed by atoms with van der Waals surface area (Å²) >= 11 is 0. The summed E-state index contributed by atoms with van der Waals surface area (Å²) in [6.07, 6.45) is 1.33. The number of ketones is 1. The second kappa shape index (κ2) is 8.11. The fourth-order valence-corrected chi connectivity index (χ4v) is 4.18. The molecule has 0 spiro atoms. The lowest BCUT2D eigenvalue weighted by Crippen LogP contribution is -2.28. The molecule has 0 amide bonds. The van der Waals surface area contributed by atoms with Crippen LogP contribution in [0, 0.1) is 20.8 Å². The van der Waals surface area contributed by atoms with Gasteiger partial charge in [0.2, 0.25) is 5.78 Å².